The van der Waals surface area contributed by atoms with Crippen LogP contribution in [0.15, 0.2) is 6.07 Å². The molecule has 15 heavy (non-hydrogen) atoms. The van der Waals surface area contributed by atoms with Crippen LogP contribution in [0.3, 0.4) is 0 Å². The average Bonchev–Trinajstić information content (AvgIpc) is 2.15. The monoisotopic (exact) mass is 232 g/mol. The van der Waals surface area contributed by atoms with Gasteiger partial charge in [-0.25, -0.2) is 4.39 Å². The fourth-order valence-corrected chi connectivity index (χ4v) is 1.57. The van der Waals surface area contributed by atoms with Crippen LogP contribution in [0.1, 0.15) is 24.0 Å². The van der Waals surface area contributed by atoms with Crippen molar-refractivity contribution in [2.24, 2.45) is 0 Å². The second kappa shape index (κ2) is 4.06. The highest BCUT2D eigenvalue weighted by Gasteiger charge is 2.23. The largest absolute Gasteiger partial charge is 0.505 e. The summed E-state index contributed by atoms with van der Waals surface area (Å²) in [5.74, 6) is -3.70. The molecule has 1 unspecified atom stereocenters. The summed E-state index contributed by atoms with van der Waals surface area (Å²) in [6.07, 6.45) is 0. The zero-order valence-electron chi connectivity index (χ0n) is 8.21. The maximum Gasteiger partial charge on any atom is 0.310 e. The smallest absolute Gasteiger partial charge is 0.310 e. The van der Waals surface area contributed by atoms with Gasteiger partial charge < -0.3 is 10.2 Å². The third-order valence-electron chi connectivity index (χ3n) is 2.30. The Morgan fingerprint density at radius 2 is 2.13 bits per heavy atom. The van der Waals surface area contributed by atoms with E-state index in [2.05, 4.69) is 0 Å². The molecule has 0 radical (unpaired) electrons. The van der Waals surface area contributed by atoms with Crippen molar-refractivity contribution in [3.05, 3.63) is 28.0 Å². The SMILES string of the molecule is Cc1c(Cl)cc(F)c(O)c1C(C)C(=O)O. The van der Waals surface area contributed by atoms with E-state index in [-0.39, 0.29) is 10.6 Å². The lowest BCUT2D eigenvalue weighted by Crippen LogP contribution is -2.10. The fraction of sp³-hybridized carbons (Fsp3) is 0.300. The molecule has 0 heterocycles. The van der Waals surface area contributed by atoms with E-state index in [4.69, 9.17) is 16.7 Å². The van der Waals surface area contributed by atoms with Gasteiger partial charge in [0, 0.05) is 10.6 Å². The van der Waals surface area contributed by atoms with E-state index in [1.807, 2.05) is 0 Å². The molecule has 1 rings (SSSR count). The summed E-state index contributed by atoms with van der Waals surface area (Å²) in [7, 11) is 0. The number of halogens is 2. The Bertz CT molecular complexity index is 391. The average molecular weight is 233 g/mol. The van der Waals surface area contributed by atoms with Gasteiger partial charge in [-0.2, -0.15) is 0 Å². The quantitative estimate of drug-likeness (QED) is 0.824. The van der Waals surface area contributed by atoms with Gasteiger partial charge in [0.15, 0.2) is 11.6 Å². The maximum atomic E-state index is 13.1. The van der Waals surface area contributed by atoms with E-state index in [0.29, 0.717) is 5.56 Å². The first-order valence-electron chi connectivity index (χ1n) is 4.26. The highest BCUT2D eigenvalue weighted by Crippen LogP contribution is 2.35. The number of rotatable bonds is 2. The van der Waals surface area contributed by atoms with Gasteiger partial charge in [0.25, 0.3) is 0 Å². The minimum absolute atomic E-state index is 0.0208. The summed E-state index contributed by atoms with van der Waals surface area (Å²) in [5, 5.41) is 18.3. The van der Waals surface area contributed by atoms with Crippen molar-refractivity contribution in [3.63, 3.8) is 0 Å². The van der Waals surface area contributed by atoms with Crippen LogP contribution < -0.4 is 0 Å². The van der Waals surface area contributed by atoms with E-state index in [0.717, 1.165) is 6.07 Å². The number of carboxylic acid groups (broad SMARTS) is 1. The van der Waals surface area contributed by atoms with Gasteiger partial charge in [-0.15, -0.1) is 0 Å². The van der Waals surface area contributed by atoms with Gasteiger partial charge in [-0.3, -0.25) is 4.79 Å². The molecule has 0 amide bonds. The molecule has 0 aliphatic carbocycles. The molecule has 5 heteroatoms. The van der Waals surface area contributed by atoms with Crippen molar-refractivity contribution in [1.82, 2.24) is 0 Å². The number of aromatic hydroxyl groups is 1. The molecular formula is C10H10ClFO3. The normalized spacial score (nSPS) is 12.5. The molecule has 0 aliphatic heterocycles. The summed E-state index contributed by atoms with van der Waals surface area (Å²) in [4.78, 5) is 10.8. The zero-order chi connectivity index (χ0) is 11.7. The Balaban J connectivity index is 3.45. The fourth-order valence-electron chi connectivity index (χ4n) is 1.38. The number of phenols is 1. The van der Waals surface area contributed by atoms with Crippen LogP contribution in [0.4, 0.5) is 4.39 Å². The van der Waals surface area contributed by atoms with E-state index in [1.54, 1.807) is 0 Å². The molecule has 2 N–H and O–H groups in total. The van der Waals surface area contributed by atoms with Crippen molar-refractivity contribution in [1.29, 1.82) is 0 Å². The first-order valence-corrected chi connectivity index (χ1v) is 4.64. The molecule has 0 aromatic heterocycles. The zero-order valence-corrected chi connectivity index (χ0v) is 8.97. The molecule has 0 saturated heterocycles. The third kappa shape index (κ3) is 2.04. The molecule has 1 aromatic rings. The number of hydrogen-bond acceptors (Lipinski definition) is 2. The first kappa shape index (κ1) is 11.8. The van der Waals surface area contributed by atoms with Gasteiger partial charge in [0.05, 0.1) is 5.92 Å². The number of phenolic OH excluding ortho intramolecular Hbond substituents is 1. The number of hydrogen-bond donors (Lipinski definition) is 2. The standard InChI is InChI=1S/C10H10ClFO3/c1-4-6(11)3-7(12)9(13)8(4)5(2)10(14)15/h3,5,13H,1-2H3,(H,14,15). The van der Waals surface area contributed by atoms with E-state index >= 15 is 0 Å². The van der Waals surface area contributed by atoms with Crippen LogP contribution in [-0.2, 0) is 4.79 Å². The number of aliphatic carboxylic acids is 1. The Morgan fingerprint density at radius 1 is 1.60 bits per heavy atom. The van der Waals surface area contributed by atoms with Crippen molar-refractivity contribution in [2.75, 3.05) is 0 Å². The van der Waals surface area contributed by atoms with Crippen LogP contribution in [0.2, 0.25) is 5.02 Å². The second-order valence-corrected chi connectivity index (χ2v) is 3.69. The summed E-state index contributed by atoms with van der Waals surface area (Å²) < 4.78 is 13.1. The molecule has 0 saturated carbocycles. The lowest BCUT2D eigenvalue weighted by molar-refractivity contribution is -0.138. The van der Waals surface area contributed by atoms with E-state index < -0.39 is 23.5 Å². The molecule has 82 valence electrons. The maximum absolute atomic E-state index is 13.1. The minimum Gasteiger partial charge on any atom is -0.505 e. The lowest BCUT2D eigenvalue weighted by atomic mass is 9.95. The molecule has 1 atom stereocenters. The lowest BCUT2D eigenvalue weighted by Gasteiger charge is -2.14. The molecule has 0 aliphatic rings. The summed E-state index contributed by atoms with van der Waals surface area (Å²) in [6, 6.07) is 0.963. The third-order valence-corrected chi connectivity index (χ3v) is 2.69. The highest BCUT2D eigenvalue weighted by atomic mass is 35.5. The first-order chi connectivity index (χ1) is 6.86. The number of carbonyl (C=O) groups is 1. The Kier molecular flexibility index (Phi) is 3.19. The van der Waals surface area contributed by atoms with E-state index in [9.17, 15) is 14.3 Å². The van der Waals surface area contributed by atoms with Crippen molar-refractivity contribution in [3.8, 4) is 5.75 Å². The van der Waals surface area contributed by atoms with Gasteiger partial charge in [-0.05, 0) is 25.5 Å². The van der Waals surface area contributed by atoms with E-state index in [1.165, 1.54) is 13.8 Å². The molecule has 3 nitrogen and oxygen atoms in total. The number of carboxylic acids is 1. The van der Waals surface area contributed by atoms with Gasteiger partial charge >= 0.3 is 5.97 Å². The predicted molar refractivity (Wildman–Crippen MR) is 53.9 cm³/mol. The Morgan fingerprint density at radius 3 is 2.60 bits per heavy atom. The Labute approximate surface area is 91.1 Å². The summed E-state index contributed by atoms with van der Waals surface area (Å²) in [5.41, 5.74) is 0.401. The van der Waals surface area contributed by atoms with Crippen molar-refractivity contribution in [2.45, 2.75) is 19.8 Å². The highest BCUT2D eigenvalue weighted by molar-refractivity contribution is 6.31. The van der Waals surface area contributed by atoms with Crippen LogP contribution in [0, 0.1) is 12.7 Å². The Hall–Kier alpha value is -1.29. The molecule has 0 bridgehead atoms. The van der Waals surface area contributed by atoms with Gasteiger partial charge in [-0.1, -0.05) is 11.6 Å². The molecular weight excluding hydrogens is 223 g/mol. The van der Waals surface area contributed by atoms with Crippen LogP contribution in [0.5, 0.6) is 5.75 Å². The molecule has 0 spiro atoms. The predicted octanol–water partition coefficient (Wildman–Crippen LogP) is 2.68. The van der Waals surface area contributed by atoms with Gasteiger partial charge in [0.2, 0.25) is 0 Å². The second-order valence-electron chi connectivity index (χ2n) is 3.29. The van der Waals surface area contributed by atoms with Crippen molar-refractivity contribution < 1.29 is 19.4 Å². The van der Waals surface area contributed by atoms with Crippen LogP contribution in [0.25, 0.3) is 0 Å². The summed E-state index contributed by atoms with van der Waals surface area (Å²) >= 11 is 5.70. The molecule has 0 fully saturated rings. The van der Waals surface area contributed by atoms with Crippen LogP contribution >= 0.6 is 11.6 Å². The molecule has 1 aromatic carbocycles. The topological polar surface area (TPSA) is 57.5 Å². The van der Waals surface area contributed by atoms with Crippen LogP contribution in [-0.4, -0.2) is 16.2 Å². The number of benzene rings is 1. The van der Waals surface area contributed by atoms with Crippen molar-refractivity contribution >= 4 is 17.6 Å². The minimum atomic E-state index is -1.14. The summed E-state index contributed by atoms with van der Waals surface area (Å²) in [6.45, 7) is 2.90. The van der Waals surface area contributed by atoms with Gasteiger partial charge in [0.1, 0.15) is 0 Å².